The number of hydrogen-bond donors (Lipinski definition) is 1. The van der Waals surface area contributed by atoms with Crippen LogP contribution in [-0.2, 0) is 15.6 Å². The molecule has 5 aliphatic rings. The van der Waals surface area contributed by atoms with E-state index in [0.29, 0.717) is 19.0 Å². The Hall–Kier alpha value is -0.990. The van der Waals surface area contributed by atoms with Gasteiger partial charge in [-0.15, -0.1) is 0 Å². The fourth-order valence-corrected chi connectivity index (χ4v) is 7.31. The van der Waals surface area contributed by atoms with Crippen LogP contribution >= 0.6 is 0 Å². The summed E-state index contributed by atoms with van der Waals surface area (Å²) in [6.45, 7) is 7.38. The van der Waals surface area contributed by atoms with E-state index in [0.717, 1.165) is 52.1 Å². The second-order valence-electron chi connectivity index (χ2n) is 8.46. The molecular weight excluding hydrogens is 348 g/mol. The first-order chi connectivity index (χ1) is 12.6. The van der Waals surface area contributed by atoms with Crippen LogP contribution < -0.4 is 4.72 Å². The minimum absolute atomic E-state index is 0.0268. The molecule has 6 nitrogen and oxygen atoms in total. The number of benzene rings is 1. The van der Waals surface area contributed by atoms with Crippen molar-refractivity contribution in [3.63, 3.8) is 0 Å². The minimum Gasteiger partial charge on any atom is -0.301 e. The van der Waals surface area contributed by atoms with Crippen LogP contribution in [-0.4, -0.2) is 80.9 Å². The Kier molecular flexibility index (Phi) is 4.13. The lowest BCUT2D eigenvalue weighted by Crippen LogP contribution is -2.71. The van der Waals surface area contributed by atoms with Crippen molar-refractivity contribution in [2.24, 2.45) is 5.92 Å². The Balaban J connectivity index is 1.54. The maximum Gasteiger partial charge on any atom is 0.279 e. The zero-order chi connectivity index (χ0) is 17.8. The molecule has 1 N–H and O–H groups in total. The van der Waals surface area contributed by atoms with E-state index >= 15 is 0 Å². The summed E-state index contributed by atoms with van der Waals surface area (Å²) in [6.07, 6.45) is 1.95. The zero-order valence-corrected chi connectivity index (χ0v) is 16.0. The number of hydrogen-bond acceptors (Lipinski definition) is 4. The first-order valence-corrected chi connectivity index (χ1v) is 11.3. The van der Waals surface area contributed by atoms with E-state index in [-0.39, 0.29) is 11.5 Å². The second-order valence-corrected chi connectivity index (χ2v) is 10.2. The molecule has 0 saturated carbocycles. The number of nitrogens with one attached hydrogen (secondary N) is 1. The molecule has 1 aromatic rings. The Bertz CT molecular complexity index is 747. The molecular formula is C19H28N4O2S. The van der Waals surface area contributed by atoms with Gasteiger partial charge >= 0.3 is 0 Å². The molecule has 1 aromatic carbocycles. The third-order valence-corrected chi connectivity index (χ3v) is 8.42. The highest BCUT2D eigenvalue weighted by atomic mass is 32.2. The van der Waals surface area contributed by atoms with Crippen molar-refractivity contribution in [1.82, 2.24) is 18.8 Å². The van der Waals surface area contributed by atoms with Gasteiger partial charge in [-0.05, 0) is 18.4 Å². The molecule has 7 heteroatoms. The molecule has 3 atom stereocenters. The molecule has 0 radical (unpaired) electrons. The Morgan fingerprint density at radius 1 is 0.923 bits per heavy atom. The highest BCUT2D eigenvalue weighted by Gasteiger charge is 2.56. The Morgan fingerprint density at radius 2 is 1.54 bits per heavy atom. The number of nitrogens with zero attached hydrogens (tertiary/aromatic N) is 3. The fourth-order valence-electron chi connectivity index (χ4n) is 5.69. The maximum absolute atomic E-state index is 13.1. The van der Waals surface area contributed by atoms with Gasteiger partial charge in [0.25, 0.3) is 10.2 Å². The molecule has 5 heterocycles. The molecule has 6 rings (SSSR count). The quantitative estimate of drug-likeness (QED) is 0.831. The van der Waals surface area contributed by atoms with Crippen LogP contribution in [0.25, 0.3) is 0 Å². The molecule has 5 fully saturated rings. The summed E-state index contributed by atoms with van der Waals surface area (Å²) in [7, 11) is -3.42. The van der Waals surface area contributed by atoms with Crippen molar-refractivity contribution in [3.05, 3.63) is 35.9 Å². The number of rotatable bonds is 4. The summed E-state index contributed by atoms with van der Waals surface area (Å²) in [5, 5.41) is 0. The highest BCUT2D eigenvalue weighted by Crippen LogP contribution is 2.43. The molecule has 5 aliphatic heterocycles. The van der Waals surface area contributed by atoms with Crippen LogP contribution in [0.15, 0.2) is 30.3 Å². The van der Waals surface area contributed by atoms with Crippen LogP contribution in [0.1, 0.15) is 18.4 Å². The summed E-state index contributed by atoms with van der Waals surface area (Å²) in [5.74, 6) is 0.345. The molecule has 2 unspecified atom stereocenters. The molecule has 26 heavy (non-hydrogen) atoms. The predicted octanol–water partition coefficient (Wildman–Crippen LogP) is 0.484. The van der Waals surface area contributed by atoms with E-state index in [2.05, 4.69) is 38.8 Å². The van der Waals surface area contributed by atoms with E-state index in [9.17, 15) is 8.42 Å². The van der Waals surface area contributed by atoms with Crippen molar-refractivity contribution in [1.29, 1.82) is 0 Å². The Morgan fingerprint density at radius 3 is 2.15 bits per heavy atom. The summed E-state index contributed by atoms with van der Waals surface area (Å²) in [6, 6.07) is 10.6. The van der Waals surface area contributed by atoms with Crippen molar-refractivity contribution < 1.29 is 8.42 Å². The van der Waals surface area contributed by atoms with Crippen LogP contribution in [0.3, 0.4) is 0 Å². The topological polar surface area (TPSA) is 55.9 Å². The standard InChI is InChI=1S/C19H28N4O2S/c24-26(25,23-8-4-5-9-23)20-18-16-12-21-10-11-22(13-16)15-19(18,14-21)17-6-2-1-3-7-17/h1-3,6-7,16,18,20H,4-5,8-15H2/t16?,18-,19?/m0/s1. The molecule has 0 amide bonds. The van der Waals surface area contributed by atoms with Gasteiger partial charge in [0.2, 0.25) is 0 Å². The van der Waals surface area contributed by atoms with Gasteiger partial charge in [0.05, 0.1) is 0 Å². The van der Waals surface area contributed by atoms with Gasteiger partial charge < -0.3 is 9.80 Å². The second kappa shape index (κ2) is 6.27. The largest absolute Gasteiger partial charge is 0.301 e. The minimum atomic E-state index is -3.42. The third kappa shape index (κ3) is 2.72. The normalized spacial score (nSPS) is 40.0. The smallest absolute Gasteiger partial charge is 0.279 e. The van der Waals surface area contributed by atoms with Crippen molar-refractivity contribution in [3.8, 4) is 0 Å². The van der Waals surface area contributed by atoms with Gasteiger partial charge in [0, 0.05) is 69.7 Å². The van der Waals surface area contributed by atoms with Crippen molar-refractivity contribution in [2.75, 3.05) is 52.4 Å². The van der Waals surface area contributed by atoms with Gasteiger partial charge in [-0.25, -0.2) is 0 Å². The summed E-state index contributed by atoms with van der Waals surface area (Å²) >= 11 is 0. The fraction of sp³-hybridized carbons (Fsp3) is 0.684. The SMILES string of the molecule is O=S(=O)(N[C@H]1C2CN3CCN(C2)CC1(c1ccccc1)C3)N1CCCC1. The number of fused-ring (bicyclic) bond motifs is 1. The molecule has 5 saturated heterocycles. The summed E-state index contributed by atoms with van der Waals surface area (Å²) < 4.78 is 31.0. The van der Waals surface area contributed by atoms with Gasteiger partial charge in [-0.2, -0.15) is 17.4 Å². The molecule has 0 aromatic heterocycles. The van der Waals surface area contributed by atoms with E-state index in [1.165, 1.54) is 5.56 Å². The van der Waals surface area contributed by atoms with Gasteiger partial charge in [-0.3, -0.25) is 0 Å². The average Bonchev–Trinajstić information content (AvgIpc) is 3.07. The van der Waals surface area contributed by atoms with E-state index in [4.69, 9.17) is 0 Å². The van der Waals surface area contributed by atoms with Gasteiger partial charge in [0.15, 0.2) is 0 Å². The van der Waals surface area contributed by atoms with Crippen LogP contribution in [0.2, 0.25) is 0 Å². The monoisotopic (exact) mass is 376 g/mol. The van der Waals surface area contributed by atoms with Crippen LogP contribution in [0, 0.1) is 5.92 Å². The summed E-state index contributed by atoms with van der Waals surface area (Å²) in [5.41, 5.74) is 1.11. The van der Waals surface area contributed by atoms with E-state index in [1.807, 2.05) is 6.07 Å². The van der Waals surface area contributed by atoms with Gasteiger partial charge in [-0.1, -0.05) is 30.3 Å². The lowest BCUT2D eigenvalue weighted by Gasteiger charge is -2.55. The molecule has 0 aliphatic carbocycles. The lowest BCUT2D eigenvalue weighted by atomic mass is 9.65. The molecule has 0 spiro atoms. The highest BCUT2D eigenvalue weighted by molar-refractivity contribution is 7.87. The van der Waals surface area contributed by atoms with Gasteiger partial charge in [0.1, 0.15) is 0 Å². The zero-order valence-electron chi connectivity index (χ0n) is 15.2. The van der Waals surface area contributed by atoms with E-state index < -0.39 is 10.2 Å². The summed E-state index contributed by atoms with van der Waals surface area (Å²) in [4.78, 5) is 5.09. The van der Waals surface area contributed by atoms with E-state index in [1.54, 1.807) is 4.31 Å². The molecule has 4 bridgehead atoms. The predicted molar refractivity (Wildman–Crippen MR) is 101 cm³/mol. The third-order valence-electron chi connectivity index (χ3n) is 6.83. The van der Waals surface area contributed by atoms with Crippen molar-refractivity contribution >= 4 is 10.2 Å². The first kappa shape index (κ1) is 17.1. The van der Waals surface area contributed by atoms with Crippen LogP contribution in [0.4, 0.5) is 0 Å². The number of piperidine rings is 2. The molecule has 142 valence electrons. The maximum atomic E-state index is 13.1. The lowest BCUT2D eigenvalue weighted by molar-refractivity contribution is 0.0275. The van der Waals surface area contributed by atoms with Crippen LogP contribution in [0.5, 0.6) is 0 Å². The Labute approximate surface area is 156 Å². The first-order valence-electron chi connectivity index (χ1n) is 9.84. The van der Waals surface area contributed by atoms with Crippen molar-refractivity contribution in [2.45, 2.75) is 24.3 Å². The average molecular weight is 377 g/mol.